The summed E-state index contributed by atoms with van der Waals surface area (Å²) in [5, 5.41) is 14.3. The van der Waals surface area contributed by atoms with Gasteiger partial charge >= 0.3 is 0 Å². The van der Waals surface area contributed by atoms with E-state index in [9.17, 15) is 0 Å². The van der Waals surface area contributed by atoms with Crippen LogP contribution in [0.4, 0.5) is 0 Å². The van der Waals surface area contributed by atoms with Crippen LogP contribution < -0.4 is 0 Å². The van der Waals surface area contributed by atoms with Crippen LogP contribution in [0.25, 0.3) is 120 Å². The van der Waals surface area contributed by atoms with Gasteiger partial charge in [0.2, 0.25) is 0 Å². The van der Waals surface area contributed by atoms with Crippen LogP contribution in [-0.4, -0.2) is 0 Å². The van der Waals surface area contributed by atoms with Gasteiger partial charge in [-0.1, -0.05) is 146 Å². The van der Waals surface area contributed by atoms with Gasteiger partial charge in [-0.3, -0.25) is 0 Å². The molecule has 0 aliphatic rings. The molecule has 0 saturated heterocycles. The lowest BCUT2D eigenvalue weighted by molar-refractivity contribution is 0.669. The Labute approximate surface area is 310 Å². The molecule has 0 aliphatic heterocycles. The number of hydrogen-bond donors (Lipinski definition) is 0. The first-order chi connectivity index (χ1) is 26.8. The van der Waals surface area contributed by atoms with Gasteiger partial charge < -0.3 is 8.83 Å². The summed E-state index contributed by atoms with van der Waals surface area (Å²) in [7, 11) is 0. The lowest BCUT2D eigenvalue weighted by Crippen LogP contribution is -1.92. The van der Waals surface area contributed by atoms with Crippen LogP contribution in [-0.2, 0) is 0 Å². The van der Waals surface area contributed by atoms with Crippen molar-refractivity contribution in [3.63, 3.8) is 0 Å². The summed E-state index contributed by atoms with van der Waals surface area (Å²) in [6.45, 7) is 0. The molecular formula is C52H30O2. The molecule has 0 bridgehead atoms. The number of fused-ring (bicyclic) bond motifs is 11. The first-order valence-corrected chi connectivity index (χ1v) is 18.5. The third-order valence-corrected chi connectivity index (χ3v) is 11.4. The summed E-state index contributed by atoms with van der Waals surface area (Å²) in [4.78, 5) is 0. The predicted molar refractivity (Wildman–Crippen MR) is 227 cm³/mol. The average molecular weight is 687 g/mol. The van der Waals surface area contributed by atoms with Crippen LogP contribution in [0, 0.1) is 0 Å². The minimum absolute atomic E-state index is 0.880. The molecule has 10 aromatic carbocycles. The van der Waals surface area contributed by atoms with Gasteiger partial charge in [0.05, 0.1) is 0 Å². The van der Waals surface area contributed by atoms with E-state index in [1.165, 1.54) is 71.1 Å². The van der Waals surface area contributed by atoms with Crippen molar-refractivity contribution in [1.29, 1.82) is 0 Å². The topological polar surface area (TPSA) is 26.3 Å². The highest BCUT2D eigenvalue weighted by atomic mass is 16.3. The molecule has 0 saturated carbocycles. The van der Waals surface area contributed by atoms with E-state index in [-0.39, 0.29) is 0 Å². The molecule has 54 heavy (non-hydrogen) atoms. The normalized spacial score (nSPS) is 12.1. The zero-order valence-electron chi connectivity index (χ0n) is 29.1. The van der Waals surface area contributed by atoms with E-state index in [4.69, 9.17) is 8.83 Å². The molecule has 2 heteroatoms. The Morgan fingerprint density at radius 1 is 0.259 bits per heavy atom. The SMILES string of the molecule is c1ccc(-c2c3ccccc3c(-c3ccc(-c4ccc5oc6cc7c(ccc8oc9ccccc9c87)cc6c5c4)c4ccccc34)c3ccccc23)cc1. The third-order valence-electron chi connectivity index (χ3n) is 11.4. The van der Waals surface area contributed by atoms with Crippen LogP contribution in [0.1, 0.15) is 0 Å². The monoisotopic (exact) mass is 686 g/mol. The Kier molecular flexibility index (Phi) is 6.09. The number of hydrogen-bond acceptors (Lipinski definition) is 2. The molecule has 0 atom stereocenters. The van der Waals surface area contributed by atoms with Crippen molar-refractivity contribution >= 4 is 87.0 Å². The lowest BCUT2D eigenvalue weighted by atomic mass is 9.84. The van der Waals surface area contributed by atoms with Crippen LogP contribution in [0.5, 0.6) is 0 Å². The van der Waals surface area contributed by atoms with Gasteiger partial charge in [-0.15, -0.1) is 0 Å². The first-order valence-electron chi connectivity index (χ1n) is 18.5. The molecule has 0 radical (unpaired) electrons. The second kappa shape index (κ2) is 11.2. The van der Waals surface area contributed by atoms with Crippen molar-refractivity contribution in [3.05, 3.63) is 182 Å². The van der Waals surface area contributed by atoms with Gasteiger partial charge in [-0.25, -0.2) is 0 Å². The fourth-order valence-corrected chi connectivity index (χ4v) is 9.09. The minimum Gasteiger partial charge on any atom is -0.456 e. The van der Waals surface area contributed by atoms with Gasteiger partial charge in [0.1, 0.15) is 22.3 Å². The number of furan rings is 2. The highest BCUT2D eigenvalue weighted by Gasteiger charge is 2.20. The van der Waals surface area contributed by atoms with E-state index in [1.54, 1.807) is 0 Å². The molecule has 12 aromatic rings. The zero-order valence-corrected chi connectivity index (χ0v) is 29.1. The summed E-state index contributed by atoms with van der Waals surface area (Å²) in [5.74, 6) is 0. The number of para-hydroxylation sites is 1. The molecule has 2 aromatic heterocycles. The Balaban J connectivity index is 1.07. The molecule has 0 fully saturated rings. The molecule has 12 rings (SSSR count). The van der Waals surface area contributed by atoms with E-state index in [0.717, 1.165) is 49.3 Å². The highest BCUT2D eigenvalue weighted by molar-refractivity contribution is 6.25. The average Bonchev–Trinajstić information content (AvgIpc) is 3.80. The van der Waals surface area contributed by atoms with Crippen molar-refractivity contribution < 1.29 is 8.83 Å². The smallest absolute Gasteiger partial charge is 0.136 e. The van der Waals surface area contributed by atoms with Crippen molar-refractivity contribution in [2.45, 2.75) is 0 Å². The van der Waals surface area contributed by atoms with Crippen molar-refractivity contribution in [1.82, 2.24) is 0 Å². The van der Waals surface area contributed by atoms with Crippen LogP contribution in [0.15, 0.2) is 191 Å². The largest absolute Gasteiger partial charge is 0.456 e. The fraction of sp³-hybridized carbons (Fsp3) is 0. The Morgan fingerprint density at radius 2 is 0.796 bits per heavy atom. The summed E-state index contributed by atoms with van der Waals surface area (Å²) < 4.78 is 12.7. The maximum absolute atomic E-state index is 6.55. The van der Waals surface area contributed by atoms with E-state index < -0.39 is 0 Å². The second-order valence-electron chi connectivity index (χ2n) is 14.3. The van der Waals surface area contributed by atoms with Crippen molar-refractivity contribution in [3.8, 4) is 33.4 Å². The van der Waals surface area contributed by atoms with Crippen LogP contribution in [0.2, 0.25) is 0 Å². The molecule has 250 valence electrons. The second-order valence-corrected chi connectivity index (χ2v) is 14.3. The van der Waals surface area contributed by atoms with Crippen molar-refractivity contribution in [2.75, 3.05) is 0 Å². The quantitative estimate of drug-likeness (QED) is 0.173. The predicted octanol–water partition coefficient (Wildman–Crippen LogP) is 15.1. The summed E-state index contributed by atoms with van der Waals surface area (Å²) in [6.07, 6.45) is 0. The molecular weight excluding hydrogens is 657 g/mol. The van der Waals surface area contributed by atoms with Crippen LogP contribution in [0.3, 0.4) is 0 Å². The summed E-state index contributed by atoms with van der Waals surface area (Å²) in [6, 6.07) is 65.7. The van der Waals surface area contributed by atoms with Gasteiger partial charge in [-0.05, 0) is 113 Å². The van der Waals surface area contributed by atoms with Gasteiger partial charge in [-0.2, -0.15) is 0 Å². The summed E-state index contributed by atoms with van der Waals surface area (Å²) >= 11 is 0. The van der Waals surface area contributed by atoms with Crippen molar-refractivity contribution in [2.24, 2.45) is 0 Å². The zero-order chi connectivity index (χ0) is 35.3. The molecule has 0 spiro atoms. The van der Waals surface area contributed by atoms with E-state index in [2.05, 4.69) is 170 Å². The highest BCUT2D eigenvalue weighted by Crippen LogP contribution is 2.47. The van der Waals surface area contributed by atoms with E-state index in [1.807, 2.05) is 12.1 Å². The maximum atomic E-state index is 6.55. The van der Waals surface area contributed by atoms with Crippen LogP contribution >= 0.6 is 0 Å². The Bertz CT molecular complexity index is 3430. The molecule has 0 unspecified atom stereocenters. The van der Waals surface area contributed by atoms with Gasteiger partial charge in [0, 0.05) is 21.5 Å². The molecule has 2 heterocycles. The minimum atomic E-state index is 0.880. The molecule has 0 N–H and O–H groups in total. The van der Waals surface area contributed by atoms with Gasteiger partial charge in [0.15, 0.2) is 0 Å². The molecule has 2 nitrogen and oxygen atoms in total. The number of rotatable bonds is 3. The Morgan fingerprint density at radius 3 is 1.54 bits per heavy atom. The first kappa shape index (κ1) is 29.4. The summed E-state index contributed by atoms with van der Waals surface area (Å²) in [5.41, 5.74) is 10.9. The fourth-order valence-electron chi connectivity index (χ4n) is 9.09. The lowest BCUT2D eigenvalue weighted by Gasteiger charge is -2.19. The Hall–Kier alpha value is -7.16. The standard InChI is InChI=1S/C52H30O2/c1-2-12-31(13-3-1)50-37-16-6-8-18-39(37)51(40-19-9-7-17-38(40)50)41-25-24-34(35-14-4-5-15-36(35)41)32-22-26-47-44(28-32)45-29-33-23-27-48-52(43(33)30-49(45)54-47)42-20-10-11-21-46(42)53-48/h1-30H. The maximum Gasteiger partial charge on any atom is 0.136 e. The molecule has 0 aliphatic carbocycles. The van der Waals surface area contributed by atoms with Gasteiger partial charge in [0.25, 0.3) is 0 Å². The van der Waals surface area contributed by atoms with E-state index in [0.29, 0.717) is 0 Å². The molecule has 0 amide bonds. The number of benzene rings is 10. The van der Waals surface area contributed by atoms with E-state index >= 15 is 0 Å². The third kappa shape index (κ3) is 4.17.